The van der Waals surface area contributed by atoms with Gasteiger partial charge in [-0.1, -0.05) is 20.8 Å². The zero-order valence-corrected chi connectivity index (χ0v) is 22.5. The van der Waals surface area contributed by atoms with Crippen LogP contribution in [0.5, 0.6) is 5.75 Å². The highest BCUT2D eigenvalue weighted by Gasteiger charge is 2.60. The van der Waals surface area contributed by atoms with Crippen molar-refractivity contribution in [3.63, 3.8) is 0 Å². The van der Waals surface area contributed by atoms with Gasteiger partial charge in [0.05, 0.1) is 6.10 Å². The van der Waals surface area contributed by atoms with Gasteiger partial charge in [0, 0.05) is 6.42 Å². The van der Waals surface area contributed by atoms with Gasteiger partial charge in [-0.05, 0) is 111 Å². The Labute approximate surface area is 221 Å². The second-order valence-electron chi connectivity index (χ2n) is 13.2. The summed E-state index contributed by atoms with van der Waals surface area (Å²) in [7, 11) is 0. The van der Waals surface area contributed by atoms with Gasteiger partial charge in [-0.15, -0.1) is 0 Å². The van der Waals surface area contributed by atoms with E-state index in [0.717, 1.165) is 38.5 Å². The minimum absolute atomic E-state index is 0.155. The number of fused-ring (bicyclic) bond motifs is 5. The fraction of sp³-hybridized carbons (Fsp3) is 0.767. The van der Waals surface area contributed by atoms with E-state index in [9.17, 15) is 31.9 Å². The van der Waals surface area contributed by atoms with Gasteiger partial charge in [-0.25, -0.2) is 13.2 Å². The largest absolute Gasteiger partial charge is 0.420 e. The highest BCUT2D eigenvalue weighted by molar-refractivity contribution is 5.72. The number of benzene rings is 1. The van der Waals surface area contributed by atoms with Crippen LogP contribution in [0.25, 0.3) is 0 Å². The first-order chi connectivity index (χ1) is 17.9. The Balaban J connectivity index is 1.23. The molecule has 4 fully saturated rings. The lowest BCUT2D eigenvalue weighted by Gasteiger charge is -2.61. The average Bonchev–Trinajstić information content (AvgIpc) is 3.25. The number of esters is 1. The zero-order valence-electron chi connectivity index (χ0n) is 22.5. The summed E-state index contributed by atoms with van der Waals surface area (Å²) in [4.78, 5) is 12.4. The second-order valence-corrected chi connectivity index (χ2v) is 13.2. The molecule has 0 spiro atoms. The molecule has 8 heteroatoms. The molecule has 5 rings (SSSR count). The first kappa shape index (κ1) is 27.9. The van der Waals surface area contributed by atoms with Crippen molar-refractivity contribution >= 4 is 5.97 Å². The van der Waals surface area contributed by atoms with Crippen molar-refractivity contribution in [3.8, 4) is 5.75 Å². The van der Waals surface area contributed by atoms with Crippen LogP contribution in [0, 0.1) is 75.4 Å². The lowest BCUT2D eigenvalue weighted by atomic mass is 9.44. The molecule has 1 aromatic carbocycles. The molecule has 0 bridgehead atoms. The summed E-state index contributed by atoms with van der Waals surface area (Å²) in [5.41, 5.74) is 0.462. The minimum Gasteiger partial charge on any atom is -0.420 e. The summed E-state index contributed by atoms with van der Waals surface area (Å²) >= 11 is 0. The maximum Gasteiger partial charge on any atom is 0.311 e. The second kappa shape index (κ2) is 10.0. The summed E-state index contributed by atoms with van der Waals surface area (Å²) in [5.74, 6) is -10.2. The molecule has 38 heavy (non-hydrogen) atoms. The lowest BCUT2D eigenvalue weighted by Crippen LogP contribution is -2.54. The Hall–Kier alpha value is -1.70. The average molecular weight is 543 g/mol. The quantitative estimate of drug-likeness (QED) is 0.136. The fourth-order valence-electron chi connectivity index (χ4n) is 9.60. The van der Waals surface area contributed by atoms with E-state index in [2.05, 4.69) is 25.5 Å². The Morgan fingerprint density at radius 2 is 1.47 bits per heavy atom. The molecule has 1 N–H and O–H groups in total. The topological polar surface area (TPSA) is 46.5 Å². The molecule has 1 aromatic rings. The van der Waals surface area contributed by atoms with Crippen LogP contribution < -0.4 is 4.74 Å². The summed E-state index contributed by atoms with van der Waals surface area (Å²) in [6.45, 7) is 6.96. The highest BCUT2D eigenvalue weighted by atomic mass is 19.2. The maximum absolute atomic E-state index is 13.9. The summed E-state index contributed by atoms with van der Waals surface area (Å²) in [6, 6.07) is 0. The maximum atomic E-state index is 13.9. The third kappa shape index (κ3) is 4.37. The number of halogens is 5. The van der Waals surface area contributed by atoms with Crippen molar-refractivity contribution < 1.29 is 36.6 Å². The van der Waals surface area contributed by atoms with Crippen LogP contribution in [0.1, 0.15) is 91.4 Å². The van der Waals surface area contributed by atoms with Gasteiger partial charge in [0.2, 0.25) is 34.8 Å². The van der Waals surface area contributed by atoms with Crippen molar-refractivity contribution in [2.24, 2.45) is 46.3 Å². The van der Waals surface area contributed by atoms with E-state index in [4.69, 9.17) is 0 Å². The van der Waals surface area contributed by atoms with Crippen molar-refractivity contribution in [3.05, 3.63) is 29.1 Å². The Morgan fingerprint density at radius 1 is 0.868 bits per heavy atom. The molecule has 4 saturated carbocycles. The van der Waals surface area contributed by atoms with E-state index in [1.165, 1.54) is 19.3 Å². The van der Waals surface area contributed by atoms with Crippen molar-refractivity contribution in [2.45, 2.75) is 97.5 Å². The third-order valence-electron chi connectivity index (χ3n) is 11.6. The molecule has 0 aliphatic heterocycles. The Kier molecular flexibility index (Phi) is 7.36. The van der Waals surface area contributed by atoms with Crippen molar-refractivity contribution in [1.29, 1.82) is 0 Å². The zero-order chi connectivity index (χ0) is 27.6. The molecule has 4 aliphatic rings. The van der Waals surface area contributed by atoms with Gasteiger partial charge in [0.25, 0.3) is 0 Å². The van der Waals surface area contributed by atoms with E-state index >= 15 is 0 Å². The van der Waals surface area contributed by atoms with E-state index in [1.54, 1.807) is 0 Å². The molecule has 0 heterocycles. The van der Waals surface area contributed by atoms with Crippen LogP contribution in [-0.2, 0) is 4.79 Å². The van der Waals surface area contributed by atoms with Gasteiger partial charge in [-0.2, -0.15) is 8.78 Å². The van der Waals surface area contributed by atoms with Crippen LogP contribution >= 0.6 is 0 Å². The number of carbonyl (C=O) groups excluding carboxylic acids is 1. The molecular formula is C30H39F5O3. The molecule has 9 atom stereocenters. The monoisotopic (exact) mass is 542 g/mol. The molecular weight excluding hydrogens is 503 g/mol. The molecule has 0 amide bonds. The molecule has 0 saturated heterocycles. The Morgan fingerprint density at radius 3 is 2.16 bits per heavy atom. The predicted molar refractivity (Wildman–Crippen MR) is 131 cm³/mol. The SMILES string of the molecule is CC(CCC(=O)Oc1c(F)c(F)c(F)c(F)c1F)C1CCC2C3CCC4CC(O)CCC4(C)C3CCC12C. The standard InChI is InChI=1S/C30H39F5O3/c1-15(4-9-22(37)38-28-26(34)24(32)23(31)25(33)27(28)35)19-7-8-20-18-6-5-16-14-17(36)10-12-29(16,2)21(18)11-13-30(19,20)3/h15-21,36H,4-14H2,1-3H3. The van der Waals surface area contributed by atoms with Gasteiger partial charge in [0.15, 0.2) is 0 Å². The smallest absolute Gasteiger partial charge is 0.311 e. The number of carbonyl (C=O) groups is 1. The van der Waals surface area contributed by atoms with E-state index in [0.29, 0.717) is 41.4 Å². The third-order valence-corrected chi connectivity index (χ3v) is 11.6. The predicted octanol–water partition coefficient (Wildman–Crippen LogP) is 7.72. The Bertz CT molecular complexity index is 1070. The van der Waals surface area contributed by atoms with E-state index in [1.807, 2.05) is 0 Å². The first-order valence-corrected chi connectivity index (χ1v) is 14.3. The number of ether oxygens (including phenoxy) is 1. The van der Waals surface area contributed by atoms with E-state index in [-0.39, 0.29) is 23.9 Å². The van der Waals surface area contributed by atoms with Gasteiger partial charge in [0.1, 0.15) is 0 Å². The van der Waals surface area contributed by atoms with Gasteiger partial charge in [-0.3, -0.25) is 4.79 Å². The highest BCUT2D eigenvalue weighted by Crippen LogP contribution is 2.68. The van der Waals surface area contributed by atoms with Crippen LogP contribution in [-0.4, -0.2) is 17.2 Å². The summed E-state index contributed by atoms with van der Waals surface area (Å²) in [5, 5.41) is 10.3. The van der Waals surface area contributed by atoms with Crippen LogP contribution in [0.2, 0.25) is 0 Å². The molecule has 3 nitrogen and oxygen atoms in total. The molecule has 0 radical (unpaired) electrons. The van der Waals surface area contributed by atoms with Crippen molar-refractivity contribution in [1.82, 2.24) is 0 Å². The number of aliphatic hydroxyl groups is 1. The minimum atomic E-state index is -2.28. The lowest BCUT2D eigenvalue weighted by molar-refractivity contribution is -0.136. The normalized spacial score (nSPS) is 39.2. The summed E-state index contributed by atoms with van der Waals surface area (Å²) in [6.07, 6.45) is 9.99. The molecule has 4 aliphatic carbocycles. The number of hydrogen-bond donors (Lipinski definition) is 1. The molecule has 0 aromatic heterocycles. The van der Waals surface area contributed by atoms with Gasteiger partial charge >= 0.3 is 5.97 Å². The summed E-state index contributed by atoms with van der Waals surface area (Å²) < 4.78 is 72.7. The van der Waals surface area contributed by atoms with Crippen molar-refractivity contribution in [2.75, 3.05) is 0 Å². The first-order valence-electron chi connectivity index (χ1n) is 14.3. The van der Waals surface area contributed by atoms with E-state index < -0.39 is 40.8 Å². The number of rotatable bonds is 5. The van der Waals surface area contributed by atoms with Crippen LogP contribution in [0.15, 0.2) is 0 Å². The number of aliphatic hydroxyl groups excluding tert-OH is 1. The van der Waals surface area contributed by atoms with Crippen LogP contribution in [0.3, 0.4) is 0 Å². The molecule has 9 unspecified atom stereocenters. The van der Waals surface area contributed by atoms with Crippen LogP contribution in [0.4, 0.5) is 22.0 Å². The van der Waals surface area contributed by atoms with Gasteiger partial charge < -0.3 is 9.84 Å². The fourth-order valence-corrected chi connectivity index (χ4v) is 9.60. The molecule has 212 valence electrons. The number of hydrogen-bond acceptors (Lipinski definition) is 3.